The number of benzene rings is 2. The van der Waals surface area contributed by atoms with Crippen LogP contribution in [-0.2, 0) is 5.54 Å². The number of alkyl halides is 3. The number of anilines is 1. The number of ketones is 1. The Morgan fingerprint density at radius 3 is 2.14 bits per heavy atom. The minimum absolute atomic E-state index is 0.162. The summed E-state index contributed by atoms with van der Waals surface area (Å²) in [7, 11) is 0. The van der Waals surface area contributed by atoms with E-state index >= 15 is 0 Å². The predicted octanol–water partition coefficient (Wildman–Crippen LogP) is 4.69. The predicted molar refractivity (Wildman–Crippen MR) is 99.3 cm³/mol. The number of nitro groups is 1. The van der Waals surface area contributed by atoms with Crippen LogP contribution in [0.4, 0.5) is 18.9 Å². The lowest BCUT2D eigenvalue weighted by atomic mass is 9.85. The van der Waals surface area contributed by atoms with Crippen LogP contribution in [0.5, 0.6) is 0 Å². The first-order valence-corrected chi connectivity index (χ1v) is 8.19. The van der Waals surface area contributed by atoms with E-state index in [1.807, 2.05) is 30.4 Å². The van der Waals surface area contributed by atoms with Crippen molar-refractivity contribution in [1.29, 1.82) is 0 Å². The van der Waals surface area contributed by atoms with Gasteiger partial charge >= 0.3 is 6.18 Å². The molecule has 5 nitrogen and oxygen atoms in total. The van der Waals surface area contributed by atoms with E-state index < -0.39 is 23.1 Å². The molecular weight excluding hydrogens is 373 g/mol. The van der Waals surface area contributed by atoms with Crippen LogP contribution in [0.2, 0.25) is 0 Å². The summed E-state index contributed by atoms with van der Waals surface area (Å²) in [5.74, 6) is -1.91. The summed E-state index contributed by atoms with van der Waals surface area (Å²) < 4.78 is 35.7. The second kappa shape index (κ2) is 8.51. The third-order valence-corrected chi connectivity index (χ3v) is 4.11. The molecule has 0 saturated carbocycles. The van der Waals surface area contributed by atoms with Crippen LogP contribution >= 0.6 is 0 Å². The van der Waals surface area contributed by atoms with Gasteiger partial charge in [0.1, 0.15) is 0 Å². The molecule has 1 aliphatic carbocycles. The van der Waals surface area contributed by atoms with Crippen molar-refractivity contribution in [2.45, 2.75) is 18.1 Å². The fraction of sp³-hybridized carbons (Fsp3) is 0.150. The maximum absolute atomic E-state index is 11.9. The molecule has 0 fully saturated rings. The molecule has 2 N–H and O–H groups in total. The lowest BCUT2D eigenvalue weighted by Crippen LogP contribution is -2.33. The molecule has 146 valence electrons. The minimum Gasteiger partial charge on any atom is -0.398 e. The summed E-state index contributed by atoms with van der Waals surface area (Å²) in [5, 5.41) is 11.2. The zero-order chi connectivity index (χ0) is 20.8. The summed E-state index contributed by atoms with van der Waals surface area (Å²) >= 11 is 0. The molecule has 8 heteroatoms. The lowest BCUT2D eigenvalue weighted by molar-refractivity contribution is -0.563. The molecule has 2 aromatic carbocycles. The topological polar surface area (TPSA) is 86.2 Å². The normalized spacial score (nSPS) is 18.1. The monoisotopic (exact) mass is 390 g/mol. The third kappa shape index (κ3) is 4.64. The number of hydrogen-bond acceptors (Lipinski definition) is 4. The van der Waals surface area contributed by atoms with Gasteiger partial charge in [-0.05, 0) is 18.2 Å². The van der Waals surface area contributed by atoms with E-state index in [0.717, 1.165) is 11.6 Å². The Labute approximate surface area is 159 Å². The third-order valence-electron chi connectivity index (χ3n) is 4.11. The van der Waals surface area contributed by atoms with Crippen LogP contribution in [-0.4, -0.2) is 16.9 Å². The smallest absolute Gasteiger partial charge is 0.398 e. The van der Waals surface area contributed by atoms with Crippen LogP contribution in [0.1, 0.15) is 22.3 Å². The van der Waals surface area contributed by atoms with Crippen molar-refractivity contribution in [1.82, 2.24) is 0 Å². The molecule has 0 radical (unpaired) electrons. The number of carbonyl (C=O) groups excluding carboxylic acids is 1. The number of nitrogens with two attached hydrogens (primary N) is 1. The fourth-order valence-corrected chi connectivity index (χ4v) is 2.65. The lowest BCUT2D eigenvalue weighted by Gasteiger charge is -2.22. The number of Topliss-reactive ketones (excluding diaryl/α,β-unsaturated/α-hetero) is 1. The molecule has 1 aliphatic rings. The Balaban J connectivity index is 0.000000203. The molecule has 0 spiro atoms. The van der Waals surface area contributed by atoms with Crippen molar-refractivity contribution in [2.24, 2.45) is 0 Å². The Morgan fingerprint density at radius 2 is 1.64 bits per heavy atom. The van der Waals surface area contributed by atoms with Crippen molar-refractivity contribution >= 4 is 11.5 Å². The second-order valence-corrected chi connectivity index (χ2v) is 5.95. The number of para-hydroxylation sites is 1. The SMILES string of the molecule is Nc1ccccc1C(=O)C(F)(F)F.O=[N+]([O-])C1(c2ccccc2)C=CC=CC1. The first-order chi connectivity index (χ1) is 13.2. The molecule has 28 heavy (non-hydrogen) atoms. The maximum Gasteiger partial charge on any atom is 0.454 e. The van der Waals surface area contributed by atoms with Gasteiger partial charge in [0.05, 0.1) is 5.56 Å². The molecule has 3 rings (SSSR count). The Hall–Kier alpha value is -3.42. The van der Waals surface area contributed by atoms with Gasteiger partial charge in [0, 0.05) is 22.6 Å². The summed E-state index contributed by atoms with van der Waals surface area (Å²) in [4.78, 5) is 21.7. The standard InChI is InChI=1S/C12H11NO2.C8H6F3NO/c14-13(15)12(9-5-2-6-10-12)11-7-3-1-4-8-11;9-8(10,11)7(13)5-3-1-2-4-6(5)12/h1-9H,10H2;1-4H,12H2. The van der Waals surface area contributed by atoms with E-state index in [2.05, 4.69) is 0 Å². The highest BCUT2D eigenvalue weighted by atomic mass is 19.4. The quantitative estimate of drug-likeness (QED) is 0.357. The molecule has 0 heterocycles. The van der Waals surface area contributed by atoms with Crippen LogP contribution in [0.3, 0.4) is 0 Å². The van der Waals surface area contributed by atoms with Gasteiger partial charge in [-0.2, -0.15) is 13.2 Å². The van der Waals surface area contributed by atoms with Gasteiger partial charge in [0.15, 0.2) is 0 Å². The first kappa shape index (κ1) is 20.9. The van der Waals surface area contributed by atoms with Crippen LogP contribution in [0.15, 0.2) is 78.9 Å². The Bertz CT molecular complexity index is 908. The van der Waals surface area contributed by atoms with Crippen LogP contribution in [0, 0.1) is 10.1 Å². The van der Waals surface area contributed by atoms with Crippen molar-refractivity contribution < 1.29 is 22.9 Å². The highest BCUT2D eigenvalue weighted by Gasteiger charge is 2.41. The Morgan fingerprint density at radius 1 is 1.04 bits per heavy atom. The molecule has 0 amide bonds. The molecule has 1 unspecified atom stereocenters. The second-order valence-electron chi connectivity index (χ2n) is 5.95. The largest absolute Gasteiger partial charge is 0.454 e. The fourth-order valence-electron chi connectivity index (χ4n) is 2.65. The van der Waals surface area contributed by atoms with Crippen molar-refractivity contribution in [3.05, 3.63) is 100 Å². The van der Waals surface area contributed by atoms with Crippen molar-refractivity contribution in [3.63, 3.8) is 0 Å². The molecule has 1 atom stereocenters. The van der Waals surface area contributed by atoms with Crippen LogP contribution < -0.4 is 5.73 Å². The molecule has 0 saturated heterocycles. The molecular formula is C20H17F3N2O3. The van der Waals surface area contributed by atoms with Gasteiger partial charge < -0.3 is 5.73 Å². The number of carbonyl (C=O) groups is 1. The van der Waals surface area contributed by atoms with E-state index in [1.165, 1.54) is 18.2 Å². The van der Waals surface area contributed by atoms with E-state index in [9.17, 15) is 28.1 Å². The van der Waals surface area contributed by atoms with E-state index in [-0.39, 0.29) is 10.6 Å². The number of rotatable bonds is 3. The number of halogens is 3. The summed E-state index contributed by atoms with van der Waals surface area (Å²) in [5.41, 5.74) is 4.19. The van der Waals surface area contributed by atoms with E-state index in [4.69, 9.17) is 5.73 Å². The molecule has 0 aromatic heterocycles. The summed E-state index contributed by atoms with van der Waals surface area (Å²) in [6.45, 7) is 0. The maximum atomic E-state index is 11.9. The average Bonchev–Trinajstić information content (AvgIpc) is 2.69. The van der Waals surface area contributed by atoms with Crippen LogP contribution in [0.25, 0.3) is 0 Å². The van der Waals surface area contributed by atoms with Gasteiger partial charge in [0.2, 0.25) is 0 Å². The average molecular weight is 390 g/mol. The number of hydrogen-bond donors (Lipinski definition) is 1. The summed E-state index contributed by atoms with van der Waals surface area (Å²) in [6, 6.07) is 14.2. The van der Waals surface area contributed by atoms with Gasteiger partial charge in [-0.1, -0.05) is 60.7 Å². The number of nitrogen functional groups attached to an aromatic ring is 1. The molecule has 0 bridgehead atoms. The van der Waals surface area contributed by atoms with Crippen molar-refractivity contribution in [3.8, 4) is 0 Å². The number of allylic oxidation sites excluding steroid dienone is 2. The number of nitrogens with zero attached hydrogens (tertiary/aromatic N) is 1. The molecule has 0 aliphatic heterocycles. The highest BCUT2D eigenvalue weighted by molar-refractivity contribution is 6.04. The van der Waals surface area contributed by atoms with Gasteiger partial charge in [0.25, 0.3) is 11.3 Å². The molecule has 2 aromatic rings. The zero-order valence-corrected chi connectivity index (χ0v) is 14.6. The zero-order valence-electron chi connectivity index (χ0n) is 14.6. The Kier molecular flexibility index (Phi) is 6.35. The van der Waals surface area contributed by atoms with Gasteiger partial charge in [-0.3, -0.25) is 14.9 Å². The summed E-state index contributed by atoms with van der Waals surface area (Å²) in [6.07, 6.45) is 2.61. The minimum atomic E-state index is -4.87. The van der Waals surface area contributed by atoms with Gasteiger partial charge in [-0.25, -0.2) is 0 Å². The van der Waals surface area contributed by atoms with E-state index in [0.29, 0.717) is 6.42 Å². The van der Waals surface area contributed by atoms with E-state index in [1.54, 1.807) is 24.3 Å². The van der Waals surface area contributed by atoms with Crippen molar-refractivity contribution in [2.75, 3.05) is 5.73 Å². The first-order valence-electron chi connectivity index (χ1n) is 8.19. The van der Waals surface area contributed by atoms with Gasteiger partial charge in [-0.15, -0.1) is 0 Å². The highest BCUT2D eigenvalue weighted by Crippen LogP contribution is 2.32.